The highest BCUT2D eigenvalue weighted by Crippen LogP contribution is 2.29. The molecule has 0 saturated carbocycles. The number of hydrogen-bond donors (Lipinski definition) is 2. The summed E-state index contributed by atoms with van der Waals surface area (Å²) in [5.74, 6) is 6.10. The van der Waals surface area contributed by atoms with Crippen LogP contribution in [0.2, 0.25) is 0 Å². The van der Waals surface area contributed by atoms with Crippen molar-refractivity contribution in [2.24, 2.45) is 5.90 Å². The van der Waals surface area contributed by atoms with Crippen molar-refractivity contribution in [3.63, 3.8) is 0 Å². The van der Waals surface area contributed by atoms with Crippen LogP contribution in [0.1, 0.15) is 37.0 Å². The van der Waals surface area contributed by atoms with Gasteiger partial charge in [0.15, 0.2) is 0 Å². The minimum absolute atomic E-state index is 0.0872. The topological polar surface area (TPSA) is 64.7 Å². The summed E-state index contributed by atoms with van der Waals surface area (Å²) in [4.78, 5) is 4.43. The first kappa shape index (κ1) is 13.0. The second kappa shape index (κ2) is 5.84. The zero-order valence-electron chi connectivity index (χ0n) is 9.93. The highest BCUT2D eigenvalue weighted by molar-refractivity contribution is 5.40. The summed E-state index contributed by atoms with van der Waals surface area (Å²) < 4.78 is 5.26. The molecular weight excluding hydrogens is 206 g/mol. The second-order valence-electron chi connectivity index (χ2n) is 4.01. The molecule has 0 aliphatic heterocycles. The third kappa shape index (κ3) is 2.95. The van der Waals surface area contributed by atoms with Gasteiger partial charge in [-0.3, -0.25) is 0 Å². The molecule has 1 rings (SSSR count). The predicted molar refractivity (Wildman–Crippen MR) is 62.2 cm³/mol. The predicted octanol–water partition coefficient (Wildman–Crippen LogP) is 1.74. The molecule has 0 radical (unpaired) electrons. The van der Waals surface area contributed by atoms with Crippen LogP contribution in [0, 0.1) is 0 Å². The van der Waals surface area contributed by atoms with Crippen LogP contribution < -0.4 is 10.6 Å². The van der Waals surface area contributed by atoms with Crippen LogP contribution in [-0.4, -0.2) is 18.8 Å². The van der Waals surface area contributed by atoms with Crippen molar-refractivity contribution in [1.29, 1.82) is 0 Å². The molecule has 0 heterocycles. The lowest BCUT2D eigenvalue weighted by atomic mass is 9.97. The van der Waals surface area contributed by atoms with Crippen molar-refractivity contribution in [3.8, 4) is 5.75 Å². The van der Waals surface area contributed by atoms with Gasteiger partial charge in [-0.25, -0.2) is 5.90 Å². The van der Waals surface area contributed by atoms with E-state index in [0.29, 0.717) is 5.92 Å². The zero-order valence-corrected chi connectivity index (χ0v) is 9.93. The number of aliphatic hydroxyl groups is 1. The number of benzene rings is 1. The van der Waals surface area contributed by atoms with Crippen LogP contribution in [0.5, 0.6) is 5.75 Å². The Morgan fingerprint density at radius 3 is 2.56 bits per heavy atom. The minimum atomic E-state index is -0.701. The summed E-state index contributed by atoms with van der Waals surface area (Å²) in [5.41, 5.74) is 1.85. The molecule has 0 aliphatic carbocycles. The number of aliphatic hydroxyl groups excluding tert-OH is 1. The lowest BCUT2D eigenvalue weighted by molar-refractivity contribution is 0.0358. The molecule has 0 aliphatic rings. The Hall–Kier alpha value is -1.10. The molecule has 16 heavy (non-hydrogen) atoms. The average Bonchev–Trinajstić information content (AvgIpc) is 2.28. The summed E-state index contributed by atoms with van der Waals surface area (Å²) >= 11 is 0. The molecule has 1 aromatic carbocycles. The van der Waals surface area contributed by atoms with Crippen LogP contribution in [0.3, 0.4) is 0 Å². The molecule has 0 fully saturated rings. The number of methoxy groups -OCH3 is 1. The number of nitrogens with two attached hydrogens (primary N) is 1. The third-order valence-corrected chi connectivity index (χ3v) is 2.51. The van der Waals surface area contributed by atoms with Gasteiger partial charge in [-0.1, -0.05) is 19.9 Å². The first-order chi connectivity index (χ1) is 7.60. The summed E-state index contributed by atoms with van der Waals surface area (Å²) in [7, 11) is 1.64. The van der Waals surface area contributed by atoms with E-state index < -0.39 is 6.10 Å². The molecule has 1 atom stereocenters. The molecule has 1 unspecified atom stereocenters. The van der Waals surface area contributed by atoms with Crippen molar-refractivity contribution >= 4 is 0 Å². The van der Waals surface area contributed by atoms with Gasteiger partial charge in [-0.15, -0.1) is 0 Å². The maximum atomic E-state index is 9.74. The van der Waals surface area contributed by atoms with E-state index in [-0.39, 0.29) is 6.61 Å². The Bertz CT molecular complexity index is 339. The molecule has 0 saturated heterocycles. The van der Waals surface area contributed by atoms with Gasteiger partial charge >= 0.3 is 0 Å². The molecule has 90 valence electrons. The molecule has 0 spiro atoms. The van der Waals surface area contributed by atoms with Gasteiger partial charge in [0.25, 0.3) is 0 Å². The Balaban J connectivity index is 3.01. The molecule has 0 amide bonds. The van der Waals surface area contributed by atoms with Crippen LogP contribution in [-0.2, 0) is 4.84 Å². The van der Waals surface area contributed by atoms with E-state index >= 15 is 0 Å². The van der Waals surface area contributed by atoms with E-state index in [1.165, 1.54) is 0 Å². The van der Waals surface area contributed by atoms with Crippen LogP contribution in [0.15, 0.2) is 18.2 Å². The molecule has 4 nitrogen and oxygen atoms in total. The first-order valence-corrected chi connectivity index (χ1v) is 5.27. The van der Waals surface area contributed by atoms with Gasteiger partial charge in [0.2, 0.25) is 0 Å². The van der Waals surface area contributed by atoms with Crippen molar-refractivity contribution in [1.82, 2.24) is 0 Å². The normalized spacial score (nSPS) is 12.9. The van der Waals surface area contributed by atoms with Crippen molar-refractivity contribution < 1.29 is 14.7 Å². The van der Waals surface area contributed by atoms with Gasteiger partial charge in [0.05, 0.1) is 13.7 Å². The summed E-state index contributed by atoms with van der Waals surface area (Å²) in [6.07, 6.45) is -0.701. The SMILES string of the molecule is COc1ccc(C(O)CON)cc1C(C)C. The second-order valence-corrected chi connectivity index (χ2v) is 4.01. The quantitative estimate of drug-likeness (QED) is 0.749. The third-order valence-electron chi connectivity index (χ3n) is 2.51. The maximum Gasteiger partial charge on any atom is 0.122 e. The smallest absolute Gasteiger partial charge is 0.122 e. The standard InChI is InChI=1S/C12H19NO3/c1-8(2)10-6-9(11(14)7-16-13)4-5-12(10)15-3/h4-6,8,11,14H,7,13H2,1-3H3. The average molecular weight is 225 g/mol. The van der Waals surface area contributed by atoms with E-state index in [2.05, 4.69) is 18.7 Å². The summed E-state index contributed by atoms with van der Waals surface area (Å²) in [5, 5.41) is 9.74. The Kier molecular flexibility index (Phi) is 4.73. The molecule has 3 N–H and O–H groups in total. The zero-order chi connectivity index (χ0) is 12.1. The fourth-order valence-electron chi connectivity index (χ4n) is 1.60. The van der Waals surface area contributed by atoms with Gasteiger partial charge in [-0.2, -0.15) is 0 Å². The lowest BCUT2D eigenvalue weighted by Crippen LogP contribution is -2.11. The lowest BCUT2D eigenvalue weighted by Gasteiger charge is -2.16. The highest BCUT2D eigenvalue weighted by atomic mass is 16.6. The Morgan fingerprint density at radius 1 is 1.38 bits per heavy atom. The Morgan fingerprint density at radius 2 is 2.06 bits per heavy atom. The van der Waals surface area contributed by atoms with Crippen molar-refractivity contribution in [3.05, 3.63) is 29.3 Å². The van der Waals surface area contributed by atoms with Crippen LogP contribution >= 0.6 is 0 Å². The van der Waals surface area contributed by atoms with E-state index in [1.54, 1.807) is 7.11 Å². The minimum Gasteiger partial charge on any atom is -0.496 e. The first-order valence-electron chi connectivity index (χ1n) is 5.27. The molecule has 0 aromatic heterocycles. The van der Waals surface area contributed by atoms with Crippen molar-refractivity contribution in [2.45, 2.75) is 25.9 Å². The summed E-state index contributed by atoms with van der Waals surface area (Å²) in [6.45, 7) is 4.24. The summed E-state index contributed by atoms with van der Waals surface area (Å²) in [6, 6.07) is 5.59. The fraction of sp³-hybridized carbons (Fsp3) is 0.500. The monoisotopic (exact) mass is 225 g/mol. The van der Waals surface area contributed by atoms with E-state index in [4.69, 9.17) is 10.6 Å². The number of rotatable bonds is 5. The molecule has 4 heteroatoms. The van der Waals surface area contributed by atoms with Gasteiger partial charge in [-0.05, 0) is 29.2 Å². The van der Waals surface area contributed by atoms with E-state index in [0.717, 1.165) is 16.9 Å². The van der Waals surface area contributed by atoms with Crippen molar-refractivity contribution in [2.75, 3.05) is 13.7 Å². The van der Waals surface area contributed by atoms with Gasteiger partial charge in [0, 0.05) is 0 Å². The van der Waals surface area contributed by atoms with Gasteiger partial charge in [0.1, 0.15) is 11.9 Å². The molecular formula is C12H19NO3. The van der Waals surface area contributed by atoms with E-state index in [9.17, 15) is 5.11 Å². The van der Waals surface area contributed by atoms with Gasteiger partial charge < -0.3 is 14.7 Å². The fourth-order valence-corrected chi connectivity index (χ4v) is 1.60. The molecule has 0 bridgehead atoms. The number of hydrogen-bond acceptors (Lipinski definition) is 4. The molecule has 1 aromatic rings. The Labute approximate surface area is 95.9 Å². The van der Waals surface area contributed by atoms with Crippen LogP contribution in [0.25, 0.3) is 0 Å². The largest absolute Gasteiger partial charge is 0.496 e. The maximum absolute atomic E-state index is 9.74. The van der Waals surface area contributed by atoms with Crippen LogP contribution in [0.4, 0.5) is 0 Å². The van der Waals surface area contributed by atoms with E-state index in [1.807, 2.05) is 18.2 Å². The number of ether oxygens (including phenoxy) is 1. The highest BCUT2D eigenvalue weighted by Gasteiger charge is 2.13.